The first-order valence-corrected chi connectivity index (χ1v) is 9.59. The van der Waals surface area contributed by atoms with Gasteiger partial charge < -0.3 is 15.5 Å². The summed E-state index contributed by atoms with van der Waals surface area (Å²) < 4.78 is 0. The third kappa shape index (κ3) is 5.01. The van der Waals surface area contributed by atoms with E-state index >= 15 is 0 Å². The summed E-state index contributed by atoms with van der Waals surface area (Å²) in [4.78, 5) is 14.9. The van der Waals surface area contributed by atoms with Gasteiger partial charge in [0.15, 0.2) is 0 Å². The molecule has 140 valence electrons. The minimum absolute atomic E-state index is 0.172. The van der Waals surface area contributed by atoms with Gasteiger partial charge in [-0.05, 0) is 56.2 Å². The van der Waals surface area contributed by atoms with Gasteiger partial charge in [-0.15, -0.1) is 0 Å². The van der Waals surface area contributed by atoms with E-state index in [9.17, 15) is 4.79 Å². The normalized spacial score (nSPS) is 15.3. The predicted octanol–water partition coefficient (Wildman–Crippen LogP) is 4.38. The van der Waals surface area contributed by atoms with Crippen molar-refractivity contribution in [2.75, 3.05) is 28.6 Å². The number of benzene rings is 2. The van der Waals surface area contributed by atoms with E-state index in [0.29, 0.717) is 11.3 Å². The SMILES string of the molecule is C[C@H](Nc1ccc(N2CCCCCC2)cc1)C(=O)Nc1ccccc1C#N. The second-order valence-electron chi connectivity index (χ2n) is 6.96. The molecule has 0 unspecified atom stereocenters. The highest BCUT2D eigenvalue weighted by Crippen LogP contribution is 2.22. The highest BCUT2D eigenvalue weighted by atomic mass is 16.2. The fraction of sp³-hybridized carbons (Fsp3) is 0.364. The first kappa shape index (κ1) is 18.8. The molecule has 1 aliphatic heterocycles. The Labute approximate surface area is 161 Å². The summed E-state index contributed by atoms with van der Waals surface area (Å²) >= 11 is 0. The Morgan fingerprint density at radius 1 is 1.04 bits per heavy atom. The Kier molecular flexibility index (Phi) is 6.32. The van der Waals surface area contributed by atoms with Gasteiger partial charge in [0.2, 0.25) is 5.91 Å². The van der Waals surface area contributed by atoms with Crippen LogP contribution in [0.1, 0.15) is 38.2 Å². The lowest BCUT2D eigenvalue weighted by atomic mass is 10.2. The lowest BCUT2D eigenvalue weighted by Crippen LogP contribution is -2.32. The molecule has 1 aliphatic rings. The number of anilines is 3. The van der Waals surface area contributed by atoms with Gasteiger partial charge in [-0.25, -0.2) is 0 Å². The van der Waals surface area contributed by atoms with Gasteiger partial charge in [-0.2, -0.15) is 5.26 Å². The largest absolute Gasteiger partial charge is 0.374 e. The minimum atomic E-state index is -0.416. The molecule has 3 rings (SSSR count). The molecule has 0 spiro atoms. The number of carbonyl (C=O) groups excluding carboxylic acids is 1. The molecule has 1 atom stereocenters. The van der Waals surface area contributed by atoms with Crippen LogP contribution in [-0.4, -0.2) is 25.0 Å². The molecule has 0 aromatic heterocycles. The van der Waals surface area contributed by atoms with Gasteiger partial charge in [0.05, 0.1) is 11.3 Å². The maximum atomic E-state index is 12.4. The van der Waals surface area contributed by atoms with Crippen LogP contribution in [-0.2, 0) is 4.79 Å². The summed E-state index contributed by atoms with van der Waals surface area (Å²) in [5.41, 5.74) is 3.14. The van der Waals surface area contributed by atoms with Crippen LogP contribution in [0.5, 0.6) is 0 Å². The van der Waals surface area contributed by atoms with Crippen LogP contribution in [0.15, 0.2) is 48.5 Å². The average molecular weight is 362 g/mol. The maximum Gasteiger partial charge on any atom is 0.246 e. The third-order valence-electron chi connectivity index (χ3n) is 4.92. The van der Waals surface area contributed by atoms with Crippen molar-refractivity contribution in [3.8, 4) is 6.07 Å². The zero-order valence-electron chi connectivity index (χ0n) is 15.7. The molecule has 1 heterocycles. The summed E-state index contributed by atoms with van der Waals surface area (Å²) in [5.74, 6) is -0.172. The molecule has 1 amide bonds. The Balaban J connectivity index is 1.59. The van der Waals surface area contributed by atoms with Crippen molar-refractivity contribution in [2.45, 2.75) is 38.6 Å². The van der Waals surface area contributed by atoms with Crippen molar-refractivity contribution in [2.24, 2.45) is 0 Å². The average Bonchev–Trinajstić information content (AvgIpc) is 2.98. The van der Waals surface area contributed by atoms with Crippen molar-refractivity contribution in [1.29, 1.82) is 5.26 Å². The smallest absolute Gasteiger partial charge is 0.246 e. The summed E-state index contributed by atoms with van der Waals surface area (Å²) in [6.45, 7) is 4.04. The Morgan fingerprint density at radius 2 is 1.70 bits per heavy atom. The molecule has 1 saturated heterocycles. The lowest BCUT2D eigenvalue weighted by Gasteiger charge is -2.23. The number of para-hydroxylation sites is 1. The highest BCUT2D eigenvalue weighted by molar-refractivity contribution is 5.97. The van der Waals surface area contributed by atoms with Gasteiger partial charge in [-0.3, -0.25) is 4.79 Å². The third-order valence-corrected chi connectivity index (χ3v) is 4.92. The molecule has 2 N–H and O–H groups in total. The van der Waals surface area contributed by atoms with E-state index in [1.54, 1.807) is 24.3 Å². The zero-order chi connectivity index (χ0) is 19.1. The number of nitrogens with zero attached hydrogens (tertiary/aromatic N) is 2. The minimum Gasteiger partial charge on any atom is -0.374 e. The van der Waals surface area contributed by atoms with Crippen LogP contribution in [0.25, 0.3) is 0 Å². The van der Waals surface area contributed by atoms with Crippen molar-refractivity contribution in [3.63, 3.8) is 0 Å². The standard InChI is InChI=1S/C22H26N4O/c1-17(22(27)25-21-9-5-4-8-18(21)16-23)24-19-10-12-20(13-11-19)26-14-6-2-3-7-15-26/h4-5,8-13,17,24H,2-3,6-7,14-15H2,1H3,(H,25,27)/t17-/m0/s1. The van der Waals surface area contributed by atoms with Crippen LogP contribution in [0.2, 0.25) is 0 Å². The van der Waals surface area contributed by atoms with E-state index in [-0.39, 0.29) is 5.91 Å². The highest BCUT2D eigenvalue weighted by Gasteiger charge is 2.15. The van der Waals surface area contributed by atoms with Crippen molar-refractivity contribution in [3.05, 3.63) is 54.1 Å². The maximum absolute atomic E-state index is 12.4. The Morgan fingerprint density at radius 3 is 2.37 bits per heavy atom. The van der Waals surface area contributed by atoms with E-state index in [0.717, 1.165) is 18.8 Å². The summed E-state index contributed by atoms with van der Waals surface area (Å²) in [6.07, 6.45) is 5.14. The second kappa shape index (κ2) is 9.09. The molecule has 5 nitrogen and oxygen atoms in total. The van der Waals surface area contributed by atoms with E-state index in [1.807, 2.05) is 19.1 Å². The Hall–Kier alpha value is -3.00. The van der Waals surface area contributed by atoms with Gasteiger partial charge >= 0.3 is 0 Å². The number of nitrogens with one attached hydrogen (secondary N) is 2. The topological polar surface area (TPSA) is 68.2 Å². The van der Waals surface area contributed by atoms with E-state index in [4.69, 9.17) is 5.26 Å². The number of hydrogen-bond acceptors (Lipinski definition) is 4. The van der Waals surface area contributed by atoms with Crippen LogP contribution in [0.4, 0.5) is 17.1 Å². The molecule has 2 aromatic rings. The van der Waals surface area contributed by atoms with Gasteiger partial charge in [0.1, 0.15) is 12.1 Å². The fourth-order valence-corrected chi connectivity index (χ4v) is 3.34. The van der Waals surface area contributed by atoms with E-state index in [2.05, 4.69) is 33.7 Å². The van der Waals surface area contributed by atoms with Gasteiger partial charge in [0.25, 0.3) is 0 Å². The summed E-state index contributed by atoms with van der Waals surface area (Å²) in [6, 6.07) is 17.0. The summed E-state index contributed by atoms with van der Waals surface area (Å²) in [5, 5.41) is 15.2. The van der Waals surface area contributed by atoms with Crippen LogP contribution in [0.3, 0.4) is 0 Å². The van der Waals surface area contributed by atoms with Crippen LogP contribution < -0.4 is 15.5 Å². The Bertz CT molecular complexity index is 802. The molecule has 27 heavy (non-hydrogen) atoms. The molecule has 0 aliphatic carbocycles. The van der Waals surface area contributed by atoms with Crippen molar-refractivity contribution >= 4 is 23.0 Å². The quantitative estimate of drug-likeness (QED) is 0.828. The van der Waals surface area contributed by atoms with Gasteiger partial charge in [0, 0.05) is 24.5 Å². The number of rotatable bonds is 5. The molecular formula is C22H26N4O. The van der Waals surface area contributed by atoms with E-state index < -0.39 is 6.04 Å². The molecule has 1 fully saturated rings. The number of hydrogen-bond donors (Lipinski definition) is 2. The lowest BCUT2D eigenvalue weighted by molar-refractivity contribution is -0.116. The molecule has 0 saturated carbocycles. The monoisotopic (exact) mass is 362 g/mol. The first-order chi connectivity index (χ1) is 13.2. The van der Waals surface area contributed by atoms with Crippen molar-refractivity contribution < 1.29 is 4.79 Å². The fourth-order valence-electron chi connectivity index (χ4n) is 3.34. The molecular weight excluding hydrogens is 336 g/mol. The van der Waals surface area contributed by atoms with Crippen LogP contribution >= 0.6 is 0 Å². The molecule has 0 bridgehead atoms. The van der Waals surface area contributed by atoms with E-state index in [1.165, 1.54) is 31.4 Å². The molecule has 0 radical (unpaired) electrons. The molecule has 5 heteroatoms. The van der Waals surface area contributed by atoms with Gasteiger partial charge in [-0.1, -0.05) is 25.0 Å². The second-order valence-corrected chi connectivity index (χ2v) is 6.96. The van der Waals surface area contributed by atoms with Crippen LogP contribution in [0, 0.1) is 11.3 Å². The molecule has 2 aromatic carbocycles. The zero-order valence-corrected chi connectivity index (χ0v) is 15.7. The first-order valence-electron chi connectivity index (χ1n) is 9.59. The van der Waals surface area contributed by atoms with Crippen molar-refractivity contribution in [1.82, 2.24) is 0 Å². The predicted molar refractivity (Wildman–Crippen MR) is 110 cm³/mol. The number of amides is 1. The summed E-state index contributed by atoms with van der Waals surface area (Å²) in [7, 11) is 0. The number of nitriles is 1. The number of carbonyl (C=O) groups is 1.